The van der Waals surface area contributed by atoms with Gasteiger partial charge >= 0.3 is 5.97 Å². The van der Waals surface area contributed by atoms with Gasteiger partial charge in [-0.05, 0) is 23.6 Å². The predicted octanol–water partition coefficient (Wildman–Crippen LogP) is 4.24. The van der Waals surface area contributed by atoms with Crippen LogP contribution in [0.4, 0.5) is 0 Å². The molecule has 30 heavy (non-hydrogen) atoms. The highest BCUT2D eigenvalue weighted by atomic mass is 16.6. The van der Waals surface area contributed by atoms with Gasteiger partial charge in [0.2, 0.25) is 11.6 Å². The molecule has 2 aromatic carbocycles. The zero-order valence-electron chi connectivity index (χ0n) is 17.6. The molecule has 0 N–H and O–H groups in total. The van der Waals surface area contributed by atoms with Gasteiger partial charge in [0.25, 0.3) is 5.89 Å². The van der Waals surface area contributed by atoms with Crippen LogP contribution in [0.1, 0.15) is 41.6 Å². The molecule has 3 aromatic rings. The number of methoxy groups -OCH3 is 3. The van der Waals surface area contributed by atoms with Crippen LogP contribution in [-0.2, 0) is 11.3 Å². The molecule has 1 heterocycles. The Morgan fingerprint density at radius 2 is 1.67 bits per heavy atom. The highest BCUT2D eigenvalue weighted by molar-refractivity contribution is 5.94. The normalized spacial score (nSPS) is 10.7. The van der Waals surface area contributed by atoms with Crippen molar-refractivity contribution >= 4 is 5.97 Å². The zero-order valence-corrected chi connectivity index (χ0v) is 17.6. The van der Waals surface area contributed by atoms with E-state index in [0.717, 1.165) is 5.56 Å². The van der Waals surface area contributed by atoms with Crippen LogP contribution in [0.2, 0.25) is 0 Å². The van der Waals surface area contributed by atoms with Crippen LogP contribution < -0.4 is 14.2 Å². The summed E-state index contributed by atoms with van der Waals surface area (Å²) in [4.78, 5) is 16.8. The van der Waals surface area contributed by atoms with Gasteiger partial charge in [-0.2, -0.15) is 4.98 Å². The van der Waals surface area contributed by atoms with Crippen LogP contribution in [0.25, 0.3) is 11.4 Å². The Hall–Kier alpha value is -3.55. The molecule has 0 aliphatic rings. The Labute approximate surface area is 174 Å². The van der Waals surface area contributed by atoms with E-state index in [0.29, 0.717) is 23.2 Å². The molecule has 0 fully saturated rings. The van der Waals surface area contributed by atoms with Crippen molar-refractivity contribution in [3.63, 3.8) is 0 Å². The number of benzene rings is 2. The molecule has 158 valence electrons. The van der Waals surface area contributed by atoms with Crippen LogP contribution in [0.3, 0.4) is 0 Å². The summed E-state index contributed by atoms with van der Waals surface area (Å²) in [6.07, 6.45) is 0. The van der Waals surface area contributed by atoms with Gasteiger partial charge in [0.15, 0.2) is 18.1 Å². The molecule has 0 aliphatic heterocycles. The second-order valence-corrected chi connectivity index (χ2v) is 6.75. The fraction of sp³-hybridized carbons (Fsp3) is 0.318. The summed E-state index contributed by atoms with van der Waals surface area (Å²) >= 11 is 0. The summed E-state index contributed by atoms with van der Waals surface area (Å²) in [7, 11) is 4.39. The van der Waals surface area contributed by atoms with E-state index in [2.05, 4.69) is 24.0 Å². The molecule has 0 saturated carbocycles. The molecular formula is C22H24N2O6. The molecule has 0 radical (unpaired) electrons. The summed E-state index contributed by atoms with van der Waals surface area (Å²) in [6.45, 7) is 4.08. The van der Waals surface area contributed by atoms with Gasteiger partial charge in [-0.25, -0.2) is 4.79 Å². The van der Waals surface area contributed by atoms with E-state index < -0.39 is 5.97 Å². The van der Waals surface area contributed by atoms with Crippen molar-refractivity contribution in [1.29, 1.82) is 0 Å². The molecule has 8 nitrogen and oxygen atoms in total. The van der Waals surface area contributed by atoms with Gasteiger partial charge in [-0.15, -0.1) is 0 Å². The van der Waals surface area contributed by atoms with Crippen LogP contribution in [0, 0.1) is 0 Å². The number of hydrogen-bond donors (Lipinski definition) is 0. The minimum absolute atomic E-state index is 0.173. The van der Waals surface area contributed by atoms with E-state index in [4.69, 9.17) is 23.5 Å². The van der Waals surface area contributed by atoms with Gasteiger partial charge in [0.05, 0.1) is 21.3 Å². The minimum atomic E-state index is -0.617. The average Bonchev–Trinajstić information content (AvgIpc) is 3.25. The molecule has 3 rings (SSSR count). The Bertz CT molecular complexity index is 1010. The lowest BCUT2D eigenvalue weighted by molar-refractivity contribution is 0.0425. The van der Waals surface area contributed by atoms with Gasteiger partial charge in [-0.3, -0.25) is 0 Å². The van der Waals surface area contributed by atoms with Crippen LogP contribution in [0.15, 0.2) is 40.9 Å². The number of hydrogen-bond acceptors (Lipinski definition) is 8. The fourth-order valence-corrected chi connectivity index (χ4v) is 2.91. The third kappa shape index (κ3) is 4.37. The first-order chi connectivity index (χ1) is 14.5. The van der Waals surface area contributed by atoms with Gasteiger partial charge in [-0.1, -0.05) is 43.3 Å². The first kappa shape index (κ1) is 21.2. The maximum Gasteiger partial charge on any atom is 0.342 e. The van der Waals surface area contributed by atoms with Crippen LogP contribution >= 0.6 is 0 Å². The monoisotopic (exact) mass is 412 g/mol. The Kier molecular flexibility index (Phi) is 6.56. The van der Waals surface area contributed by atoms with E-state index in [1.807, 2.05) is 24.3 Å². The maximum atomic E-state index is 12.6. The smallest absolute Gasteiger partial charge is 0.342 e. The summed E-state index contributed by atoms with van der Waals surface area (Å²) in [5.74, 6) is 1.40. The number of nitrogens with zero attached hydrogens (tertiary/aromatic N) is 2. The summed E-state index contributed by atoms with van der Waals surface area (Å²) in [6, 6.07) is 11.1. The molecule has 0 bridgehead atoms. The van der Waals surface area contributed by atoms with Crippen molar-refractivity contribution in [1.82, 2.24) is 10.1 Å². The lowest BCUT2D eigenvalue weighted by Gasteiger charge is -2.14. The molecular weight excluding hydrogens is 388 g/mol. The van der Waals surface area contributed by atoms with E-state index >= 15 is 0 Å². The highest BCUT2D eigenvalue weighted by Crippen LogP contribution is 2.40. The van der Waals surface area contributed by atoms with E-state index in [1.165, 1.54) is 33.0 Å². The summed E-state index contributed by atoms with van der Waals surface area (Å²) < 4.78 is 26.3. The SMILES string of the molecule is COc1ccc(C(=O)OCc2nc(-c3ccc(C(C)C)cc3)no2)c(OC)c1OC. The molecule has 0 amide bonds. The van der Waals surface area contributed by atoms with Crippen molar-refractivity contribution in [3.8, 4) is 28.6 Å². The molecule has 0 unspecified atom stereocenters. The van der Waals surface area contributed by atoms with Crippen LogP contribution in [-0.4, -0.2) is 37.4 Å². The third-order valence-electron chi connectivity index (χ3n) is 4.55. The van der Waals surface area contributed by atoms with Crippen molar-refractivity contribution in [2.75, 3.05) is 21.3 Å². The number of esters is 1. The summed E-state index contributed by atoms with van der Waals surface area (Å²) in [5, 5.41) is 3.96. The molecule has 0 spiro atoms. The number of aromatic nitrogens is 2. The topological polar surface area (TPSA) is 92.9 Å². The number of ether oxygens (including phenoxy) is 4. The van der Waals surface area contributed by atoms with E-state index in [-0.39, 0.29) is 23.8 Å². The first-order valence-electron chi connectivity index (χ1n) is 9.37. The van der Waals surface area contributed by atoms with Crippen LogP contribution in [0.5, 0.6) is 17.2 Å². The predicted molar refractivity (Wildman–Crippen MR) is 109 cm³/mol. The lowest BCUT2D eigenvalue weighted by atomic mass is 10.0. The second-order valence-electron chi connectivity index (χ2n) is 6.75. The Morgan fingerprint density at radius 1 is 0.967 bits per heavy atom. The van der Waals surface area contributed by atoms with Crippen molar-refractivity contribution < 1.29 is 28.3 Å². The van der Waals surface area contributed by atoms with Crippen molar-refractivity contribution in [3.05, 3.63) is 53.4 Å². The molecule has 0 atom stereocenters. The minimum Gasteiger partial charge on any atom is -0.493 e. The number of rotatable bonds is 8. The number of carbonyl (C=O) groups is 1. The van der Waals surface area contributed by atoms with Crippen molar-refractivity contribution in [2.24, 2.45) is 0 Å². The third-order valence-corrected chi connectivity index (χ3v) is 4.55. The standard InChI is InChI=1S/C22H24N2O6/c1-13(2)14-6-8-15(9-7-14)21-23-18(30-24-21)12-29-22(25)16-10-11-17(26-3)20(28-5)19(16)27-4/h6-11,13H,12H2,1-5H3. The lowest BCUT2D eigenvalue weighted by Crippen LogP contribution is -2.09. The number of carbonyl (C=O) groups excluding carboxylic acids is 1. The maximum absolute atomic E-state index is 12.6. The average molecular weight is 412 g/mol. The first-order valence-corrected chi connectivity index (χ1v) is 9.37. The van der Waals surface area contributed by atoms with Gasteiger partial charge in [0, 0.05) is 5.56 Å². The highest BCUT2D eigenvalue weighted by Gasteiger charge is 2.22. The zero-order chi connectivity index (χ0) is 21.7. The molecule has 8 heteroatoms. The largest absolute Gasteiger partial charge is 0.493 e. The Balaban J connectivity index is 1.71. The molecule has 0 aliphatic carbocycles. The van der Waals surface area contributed by atoms with Gasteiger partial charge in [0.1, 0.15) is 5.56 Å². The van der Waals surface area contributed by atoms with Gasteiger partial charge < -0.3 is 23.5 Å². The fourth-order valence-electron chi connectivity index (χ4n) is 2.91. The van der Waals surface area contributed by atoms with E-state index in [1.54, 1.807) is 6.07 Å². The summed E-state index contributed by atoms with van der Waals surface area (Å²) in [5.41, 5.74) is 2.24. The Morgan fingerprint density at radius 3 is 2.27 bits per heavy atom. The second kappa shape index (κ2) is 9.30. The van der Waals surface area contributed by atoms with Crippen molar-refractivity contribution in [2.45, 2.75) is 26.4 Å². The molecule has 1 aromatic heterocycles. The quantitative estimate of drug-likeness (QED) is 0.507. The van der Waals surface area contributed by atoms with E-state index in [9.17, 15) is 4.79 Å². The molecule has 0 saturated heterocycles.